The number of hydrogen-bond donors (Lipinski definition) is 4. The standard InChI is InChI=1S/C24H34N8O/c1-13-6-7-16-15(12-13)20(31-22(28-16)21(25)33)19-14-8-10-32(11-9-14)23(19)29-17-4-2-3-5-18(17)30-24(26)27/h6-7,12,14,17-19,23,29H,2-5,8-11H2,1H3,(H2,25,33)(H4,26,27,30). The summed E-state index contributed by atoms with van der Waals surface area (Å²) >= 11 is 0. The number of aryl methyl sites for hydroxylation is 1. The van der Waals surface area contributed by atoms with Gasteiger partial charge in [-0.15, -0.1) is 0 Å². The average molecular weight is 451 g/mol. The zero-order chi connectivity index (χ0) is 23.1. The highest BCUT2D eigenvalue weighted by atomic mass is 16.1. The van der Waals surface area contributed by atoms with Gasteiger partial charge in [-0.3, -0.25) is 15.0 Å². The molecule has 2 bridgehead atoms. The predicted molar refractivity (Wildman–Crippen MR) is 129 cm³/mol. The first kappa shape index (κ1) is 22.0. The number of amides is 1. The molecule has 9 heteroatoms. The molecule has 4 unspecified atom stereocenters. The molecule has 1 aromatic heterocycles. The van der Waals surface area contributed by atoms with Crippen LogP contribution < -0.4 is 22.5 Å². The van der Waals surface area contributed by atoms with Gasteiger partial charge in [-0.1, -0.05) is 24.5 Å². The summed E-state index contributed by atoms with van der Waals surface area (Å²) in [7, 11) is 0. The number of benzene rings is 1. The minimum atomic E-state index is -0.593. The molecule has 4 aliphatic rings. The molecule has 7 N–H and O–H groups in total. The third-order valence-corrected chi connectivity index (χ3v) is 7.66. The van der Waals surface area contributed by atoms with Gasteiger partial charge in [0.2, 0.25) is 5.82 Å². The summed E-state index contributed by atoms with van der Waals surface area (Å²) in [6.45, 7) is 4.19. The molecule has 1 aromatic carbocycles. The molecule has 9 nitrogen and oxygen atoms in total. The third kappa shape index (κ3) is 4.27. The number of aliphatic imine (C=N–C) groups is 1. The molecular weight excluding hydrogens is 416 g/mol. The lowest BCUT2D eigenvalue weighted by atomic mass is 9.73. The Morgan fingerprint density at radius 3 is 2.58 bits per heavy atom. The minimum absolute atomic E-state index is 0.0802. The summed E-state index contributed by atoms with van der Waals surface area (Å²) in [5.41, 5.74) is 20.0. The maximum Gasteiger partial charge on any atom is 0.286 e. The Hall–Kier alpha value is -2.78. The van der Waals surface area contributed by atoms with Gasteiger partial charge in [0, 0.05) is 17.3 Å². The summed E-state index contributed by atoms with van der Waals surface area (Å²) in [4.78, 5) is 28.4. The van der Waals surface area contributed by atoms with E-state index in [1.165, 1.54) is 0 Å². The second-order valence-electron chi connectivity index (χ2n) is 9.84. The van der Waals surface area contributed by atoms with Gasteiger partial charge in [0.15, 0.2) is 5.96 Å². The van der Waals surface area contributed by atoms with Gasteiger partial charge in [0.1, 0.15) is 0 Å². The van der Waals surface area contributed by atoms with Crippen molar-refractivity contribution in [3.05, 3.63) is 35.3 Å². The van der Waals surface area contributed by atoms with Crippen LogP contribution >= 0.6 is 0 Å². The van der Waals surface area contributed by atoms with E-state index in [4.69, 9.17) is 22.2 Å². The highest BCUT2D eigenvalue weighted by molar-refractivity contribution is 5.92. The van der Waals surface area contributed by atoms with Gasteiger partial charge in [-0.2, -0.15) is 0 Å². The number of primary amides is 1. The highest BCUT2D eigenvalue weighted by Gasteiger charge is 2.46. The van der Waals surface area contributed by atoms with Crippen LogP contribution in [0.4, 0.5) is 0 Å². The molecule has 2 aromatic rings. The van der Waals surface area contributed by atoms with Gasteiger partial charge in [0.25, 0.3) is 5.91 Å². The van der Waals surface area contributed by atoms with Crippen LogP contribution in [0.15, 0.2) is 23.2 Å². The smallest absolute Gasteiger partial charge is 0.286 e. The van der Waals surface area contributed by atoms with E-state index in [0.717, 1.165) is 73.8 Å². The van der Waals surface area contributed by atoms with E-state index in [9.17, 15) is 4.79 Å². The van der Waals surface area contributed by atoms with Crippen LogP contribution in [0.25, 0.3) is 10.9 Å². The largest absolute Gasteiger partial charge is 0.370 e. The molecule has 4 fully saturated rings. The van der Waals surface area contributed by atoms with Crippen LogP contribution in [0, 0.1) is 12.8 Å². The SMILES string of the molecule is Cc1ccc2nc(C(N)=O)nc(C3C4CCN(CC4)C3NC3CCCCC3N=C(N)N)c2c1. The molecule has 3 aliphatic heterocycles. The number of guanidine groups is 1. The molecule has 3 saturated heterocycles. The second kappa shape index (κ2) is 8.87. The Kier molecular flexibility index (Phi) is 5.92. The van der Waals surface area contributed by atoms with Gasteiger partial charge < -0.3 is 17.2 Å². The number of hydrogen-bond acceptors (Lipinski definition) is 6. The van der Waals surface area contributed by atoms with Crippen LogP contribution in [-0.4, -0.2) is 58.1 Å². The Morgan fingerprint density at radius 1 is 1.09 bits per heavy atom. The first-order valence-electron chi connectivity index (χ1n) is 12.1. The van der Waals surface area contributed by atoms with Gasteiger partial charge in [-0.05, 0) is 63.7 Å². The van der Waals surface area contributed by atoms with Gasteiger partial charge in [-0.25, -0.2) is 15.0 Å². The van der Waals surface area contributed by atoms with E-state index >= 15 is 0 Å². The molecule has 176 valence electrons. The van der Waals surface area contributed by atoms with Crippen molar-refractivity contribution < 1.29 is 4.79 Å². The van der Waals surface area contributed by atoms with E-state index in [1.807, 2.05) is 12.1 Å². The van der Waals surface area contributed by atoms with Gasteiger partial charge in [0.05, 0.1) is 23.4 Å². The number of rotatable bonds is 5. The maximum absolute atomic E-state index is 12.1. The van der Waals surface area contributed by atoms with E-state index in [1.54, 1.807) is 0 Å². The number of fused-ring (bicyclic) bond motifs is 4. The summed E-state index contributed by atoms with van der Waals surface area (Å²) in [5.74, 6) is 0.271. The fourth-order valence-electron chi connectivity index (χ4n) is 6.12. The van der Waals surface area contributed by atoms with Crippen molar-refractivity contribution in [2.24, 2.45) is 28.1 Å². The number of nitrogens with zero attached hydrogens (tertiary/aromatic N) is 4. The second-order valence-corrected chi connectivity index (χ2v) is 9.84. The zero-order valence-corrected chi connectivity index (χ0v) is 19.2. The quantitative estimate of drug-likeness (QED) is 0.397. The molecule has 4 atom stereocenters. The van der Waals surface area contributed by atoms with Crippen molar-refractivity contribution in [1.82, 2.24) is 20.2 Å². The maximum atomic E-state index is 12.1. The normalized spacial score (nSPS) is 31.4. The number of carbonyl (C=O) groups excluding carboxylic acids is 1. The molecule has 6 rings (SSSR count). The monoisotopic (exact) mass is 450 g/mol. The summed E-state index contributed by atoms with van der Waals surface area (Å²) in [6.07, 6.45) is 6.67. The molecule has 1 aliphatic carbocycles. The fourth-order valence-corrected chi connectivity index (χ4v) is 6.12. The van der Waals surface area contributed by atoms with Crippen LogP contribution in [0.1, 0.15) is 66.3 Å². The molecule has 33 heavy (non-hydrogen) atoms. The first-order valence-corrected chi connectivity index (χ1v) is 12.1. The topological polar surface area (TPSA) is 149 Å². The Balaban J connectivity index is 1.57. The number of carbonyl (C=O) groups is 1. The Labute approximate surface area is 194 Å². The van der Waals surface area contributed by atoms with E-state index in [2.05, 4.69) is 33.2 Å². The number of nitrogens with one attached hydrogen (secondary N) is 1. The molecule has 4 heterocycles. The lowest BCUT2D eigenvalue weighted by Crippen LogP contribution is -2.63. The van der Waals surface area contributed by atoms with E-state index in [0.29, 0.717) is 5.92 Å². The average Bonchev–Trinajstić information content (AvgIpc) is 2.80. The van der Waals surface area contributed by atoms with Crippen LogP contribution in [0.5, 0.6) is 0 Å². The molecule has 0 radical (unpaired) electrons. The Bertz CT molecular complexity index is 1070. The molecule has 1 saturated carbocycles. The van der Waals surface area contributed by atoms with Crippen LogP contribution in [0.3, 0.4) is 0 Å². The van der Waals surface area contributed by atoms with E-state index in [-0.39, 0.29) is 36.0 Å². The van der Waals surface area contributed by atoms with Crippen molar-refractivity contribution in [1.29, 1.82) is 0 Å². The fraction of sp³-hybridized carbons (Fsp3) is 0.583. The predicted octanol–water partition coefficient (Wildman–Crippen LogP) is 1.35. The molecule has 1 amide bonds. The van der Waals surface area contributed by atoms with Crippen molar-refractivity contribution in [2.45, 2.75) is 69.6 Å². The van der Waals surface area contributed by atoms with Gasteiger partial charge >= 0.3 is 0 Å². The molecule has 0 spiro atoms. The first-order chi connectivity index (χ1) is 15.9. The number of aromatic nitrogens is 2. The summed E-state index contributed by atoms with van der Waals surface area (Å²) in [6, 6.07) is 6.39. The lowest BCUT2D eigenvalue weighted by Gasteiger charge is -2.52. The molecular formula is C24H34N8O. The zero-order valence-electron chi connectivity index (χ0n) is 19.2. The number of nitrogens with two attached hydrogens (primary N) is 3. The van der Waals surface area contributed by atoms with Crippen LogP contribution in [-0.2, 0) is 0 Å². The lowest BCUT2D eigenvalue weighted by molar-refractivity contribution is -0.00307. The van der Waals surface area contributed by atoms with Crippen molar-refractivity contribution >= 4 is 22.8 Å². The Morgan fingerprint density at radius 2 is 1.85 bits per heavy atom. The minimum Gasteiger partial charge on any atom is -0.370 e. The van der Waals surface area contributed by atoms with Crippen molar-refractivity contribution in [2.75, 3.05) is 13.1 Å². The highest BCUT2D eigenvalue weighted by Crippen LogP contribution is 2.44. The summed E-state index contributed by atoms with van der Waals surface area (Å²) < 4.78 is 0. The van der Waals surface area contributed by atoms with E-state index < -0.39 is 5.91 Å². The van der Waals surface area contributed by atoms with Crippen LogP contribution in [0.2, 0.25) is 0 Å². The third-order valence-electron chi connectivity index (χ3n) is 7.66. The van der Waals surface area contributed by atoms with Crippen molar-refractivity contribution in [3.8, 4) is 0 Å². The summed E-state index contributed by atoms with van der Waals surface area (Å²) in [5, 5.41) is 4.96. The number of piperidine rings is 3. The van der Waals surface area contributed by atoms with Crippen molar-refractivity contribution in [3.63, 3.8) is 0 Å².